The fourth-order valence-corrected chi connectivity index (χ4v) is 4.35. The van der Waals surface area contributed by atoms with Gasteiger partial charge in [0.2, 0.25) is 0 Å². The number of hydrogen-bond acceptors (Lipinski definition) is 4. The first-order valence-corrected chi connectivity index (χ1v) is 10.6. The van der Waals surface area contributed by atoms with Crippen LogP contribution in [0.5, 0.6) is 11.5 Å². The summed E-state index contributed by atoms with van der Waals surface area (Å²) in [5, 5.41) is 0. The normalized spacial score (nSPS) is 18.9. The quantitative estimate of drug-likeness (QED) is 0.647. The maximum absolute atomic E-state index is 12.8. The zero-order chi connectivity index (χ0) is 20.9. The molecule has 4 heteroatoms. The van der Waals surface area contributed by atoms with Crippen molar-refractivity contribution in [3.8, 4) is 11.5 Å². The molecule has 0 N–H and O–H groups in total. The highest BCUT2D eigenvalue weighted by Gasteiger charge is 2.26. The second kappa shape index (κ2) is 9.31. The molecule has 1 aliphatic heterocycles. The number of carbonyl (C=O) groups is 1. The number of likely N-dealkylation sites (tertiary alicyclic amines) is 1. The van der Waals surface area contributed by atoms with Gasteiger partial charge in [-0.2, -0.15) is 0 Å². The number of carbonyl (C=O) groups excluding carboxylic acids is 1. The van der Waals surface area contributed by atoms with Crippen LogP contribution in [0.1, 0.15) is 34.3 Å². The van der Waals surface area contributed by atoms with Crippen LogP contribution in [0.2, 0.25) is 0 Å². The first kappa shape index (κ1) is 20.4. The number of Topliss-reactive ketones (excluding diaryl/α,β-unsaturated/α-hetero) is 1. The molecule has 0 radical (unpaired) electrons. The average molecular weight is 404 g/mol. The van der Waals surface area contributed by atoms with E-state index in [0.29, 0.717) is 23.8 Å². The molecule has 0 aromatic heterocycles. The van der Waals surface area contributed by atoms with E-state index < -0.39 is 0 Å². The smallest absolute Gasteiger partial charge is 0.189 e. The number of methoxy groups -OCH3 is 2. The fourth-order valence-electron chi connectivity index (χ4n) is 4.35. The van der Waals surface area contributed by atoms with Crippen molar-refractivity contribution in [2.75, 3.05) is 27.3 Å². The molecule has 0 saturated carbocycles. The van der Waals surface area contributed by atoms with Gasteiger partial charge in [-0.1, -0.05) is 48.6 Å². The molecule has 0 atom stereocenters. The van der Waals surface area contributed by atoms with Gasteiger partial charge in [-0.05, 0) is 55.1 Å². The summed E-state index contributed by atoms with van der Waals surface area (Å²) in [6, 6.07) is 14.4. The van der Waals surface area contributed by atoms with Crippen molar-refractivity contribution in [2.24, 2.45) is 5.92 Å². The molecule has 156 valence electrons. The highest BCUT2D eigenvalue weighted by molar-refractivity contribution is 6.13. The van der Waals surface area contributed by atoms with Crippen LogP contribution in [0.3, 0.4) is 0 Å². The molecule has 1 aliphatic carbocycles. The van der Waals surface area contributed by atoms with Crippen LogP contribution in [0.25, 0.3) is 0 Å². The topological polar surface area (TPSA) is 38.8 Å². The van der Waals surface area contributed by atoms with Gasteiger partial charge in [0.15, 0.2) is 17.3 Å². The average Bonchev–Trinajstić information content (AvgIpc) is 3.09. The van der Waals surface area contributed by atoms with Crippen molar-refractivity contribution >= 4 is 5.78 Å². The van der Waals surface area contributed by atoms with Gasteiger partial charge >= 0.3 is 0 Å². The molecule has 2 aromatic rings. The van der Waals surface area contributed by atoms with Crippen molar-refractivity contribution in [2.45, 2.75) is 25.8 Å². The molecule has 1 heterocycles. The number of rotatable bonds is 6. The van der Waals surface area contributed by atoms with Gasteiger partial charge in [0.05, 0.1) is 14.2 Å². The van der Waals surface area contributed by atoms with Gasteiger partial charge in [0.25, 0.3) is 0 Å². The SMILES string of the molecule is COc1cc2c(cc1OC)C(=O)/C(=C/C=C/C1CCN(Cc3ccccc3)CC1)C2. The first-order chi connectivity index (χ1) is 14.7. The van der Waals surface area contributed by atoms with E-state index in [4.69, 9.17) is 9.47 Å². The molecular weight excluding hydrogens is 374 g/mol. The second-order valence-electron chi connectivity index (χ2n) is 8.05. The third-order valence-corrected chi connectivity index (χ3v) is 6.09. The maximum Gasteiger partial charge on any atom is 0.189 e. The van der Waals surface area contributed by atoms with E-state index in [1.165, 1.54) is 5.56 Å². The standard InChI is InChI=1S/C26H29NO3/c1-29-24-16-22-15-21(26(28)23(22)17-25(24)30-2)10-6-9-19-11-13-27(14-12-19)18-20-7-4-3-5-8-20/h3-10,16-17,19H,11-15,18H2,1-2H3/b9-6+,21-10+. The number of hydrogen-bond donors (Lipinski definition) is 0. The summed E-state index contributed by atoms with van der Waals surface area (Å²) in [5.74, 6) is 1.94. The van der Waals surface area contributed by atoms with E-state index in [1.54, 1.807) is 20.3 Å². The summed E-state index contributed by atoms with van der Waals surface area (Å²) in [4.78, 5) is 15.3. The van der Waals surface area contributed by atoms with Crippen LogP contribution in [-0.2, 0) is 13.0 Å². The number of ketones is 1. The van der Waals surface area contributed by atoms with E-state index >= 15 is 0 Å². The Bertz CT molecular complexity index is 954. The molecule has 1 saturated heterocycles. The van der Waals surface area contributed by atoms with E-state index in [1.807, 2.05) is 12.1 Å². The molecule has 0 amide bonds. The number of benzene rings is 2. The monoisotopic (exact) mass is 403 g/mol. The van der Waals surface area contributed by atoms with E-state index in [2.05, 4.69) is 47.4 Å². The minimum Gasteiger partial charge on any atom is -0.493 e. The number of fused-ring (bicyclic) bond motifs is 1. The summed E-state index contributed by atoms with van der Waals surface area (Å²) >= 11 is 0. The summed E-state index contributed by atoms with van der Waals surface area (Å²) in [7, 11) is 3.21. The lowest BCUT2D eigenvalue weighted by Gasteiger charge is -2.30. The molecule has 0 spiro atoms. The van der Waals surface area contributed by atoms with Crippen LogP contribution in [-0.4, -0.2) is 38.0 Å². The van der Waals surface area contributed by atoms with Crippen LogP contribution in [0.4, 0.5) is 0 Å². The summed E-state index contributed by atoms with van der Waals surface area (Å²) in [6.45, 7) is 3.26. The van der Waals surface area contributed by atoms with Gasteiger partial charge in [-0.3, -0.25) is 9.69 Å². The third-order valence-electron chi connectivity index (χ3n) is 6.09. The zero-order valence-electron chi connectivity index (χ0n) is 17.8. The van der Waals surface area contributed by atoms with Crippen molar-refractivity contribution in [3.63, 3.8) is 0 Å². The van der Waals surface area contributed by atoms with Crippen LogP contribution < -0.4 is 9.47 Å². The maximum atomic E-state index is 12.8. The Labute approximate surface area is 178 Å². The first-order valence-electron chi connectivity index (χ1n) is 10.6. The van der Waals surface area contributed by atoms with Gasteiger partial charge in [-0.15, -0.1) is 0 Å². The minimum atomic E-state index is 0.0910. The molecule has 4 rings (SSSR count). The van der Waals surface area contributed by atoms with Crippen molar-refractivity contribution in [3.05, 3.63) is 83.0 Å². The molecule has 0 unspecified atom stereocenters. The fraction of sp³-hybridized carbons (Fsp3) is 0.346. The minimum absolute atomic E-state index is 0.0910. The lowest BCUT2D eigenvalue weighted by molar-refractivity contribution is 0.103. The van der Waals surface area contributed by atoms with Crippen molar-refractivity contribution in [1.29, 1.82) is 0 Å². The Morgan fingerprint density at radius 2 is 1.73 bits per heavy atom. The van der Waals surface area contributed by atoms with Crippen molar-refractivity contribution in [1.82, 2.24) is 4.90 Å². The van der Waals surface area contributed by atoms with Gasteiger partial charge in [0.1, 0.15) is 0 Å². The Morgan fingerprint density at radius 3 is 2.43 bits per heavy atom. The van der Waals surface area contributed by atoms with Crippen LogP contribution in [0, 0.1) is 5.92 Å². The van der Waals surface area contributed by atoms with Crippen molar-refractivity contribution < 1.29 is 14.3 Å². The van der Waals surface area contributed by atoms with Gasteiger partial charge < -0.3 is 9.47 Å². The highest BCUT2D eigenvalue weighted by Crippen LogP contribution is 2.36. The van der Waals surface area contributed by atoms with Gasteiger partial charge in [0, 0.05) is 24.1 Å². The lowest BCUT2D eigenvalue weighted by Crippen LogP contribution is -2.32. The number of allylic oxidation sites excluding steroid dienone is 4. The molecule has 0 bridgehead atoms. The Morgan fingerprint density at radius 1 is 1.03 bits per heavy atom. The number of piperidine rings is 1. The molecule has 30 heavy (non-hydrogen) atoms. The second-order valence-corrected chi connectivity index (χ2v) is 8.05. The highest BCUT2D eigenvalue weighted by atomic mass is 16.5. The zero-order valence-corrected chi connectivity index (χ0v) is 17.8. The van der Waals surface area contributed by atoms with E-state index in [0.717, 1.165) is 49.2 Å². The molecule has 4 nitrogen and oxygen atoms in total. The largest absolute Gasteiger partial charge is 0.493 e. The van der Waals surface area contributed by atoms with E-state index in [-0.39, 0.29) is 5.78 Å². The van der Waals surface area contributed by atoms with E-state index in [9.17, 15) is 4.79 Å². The Balaban J connectivity index is 1.33. The predicted molar refractivity (Wildman–Crippen MR) is 119 cm³/mol. The Hall–Kier alpha value is -2.85. The summed E-state index contributed by atoms with van der Waals surface area (Å²) in [6.07, 6.45) is 9.30. The van der Waals surface area contributed by atoms with Gasteiger partial charge in [-0.25, -0.2) is 0 Å². The molecule has 1 fully saturated rings. The Kier molecular flexibility index (Phi) is 6.34. The molecule has 2 aliphatic rings. The lowest BCUT2D eigenvalue weighted by atomic mass is 9.95. The van der Waals surface area contributed by atoms with Crippen LogP contribution in [0.15, 0.2) is 66.3 Å². The predicted octanol–water partition coefficient (Wildman–Crippen LogP) is 4.84. The third kappa shape index (κ3) is 4.49. The van der Waals surface area contributed by atoms with Crippen LogP contribution >= 0.6 is 0 Å². The number of ether oxygens (including phenoxy) is 2. The number of nitrogens with zero attached hydrogens (tertiary/aromatic N) is 1. The summed E-state index contributed by atoms with van der Waals surface area (Å²) in [5.41, 5.74) is 3.94. The molecular formula is C26H29NO3. The summed E-state index contributed by atoms with van der Waals surface area (Å²) < 4.78 is 10.7. The molecule has 2 aromatic carbocycles.